The number of rotatable bonds is 3. The van der Waals surface area contributed by atoms with Crippen LogP contribution in [-0.4, -0.2) is 55.3 Å². The van der Waals surface area contributed by atoms with Crippen LogP contribution in [0.5, 0.6) is 0 Å². The van der Waals surface area contributed by atoms with Gasteiger partial charge < -0.3 is 4.90 Å². The SMILES string of the molecule is CCN1CCCN(S(=O)(=O)c2cccc3cnccc23)CC1.Cl. The highest BCUT2D eigenvalue weighted by Gasteiger charge is 2.27. The van der Waals surface area contributed by atoms with Crippen molar-refractivity contribution >= 4 is 33.2 Å². The molecule has 7 heteroatoms. The van der Waals surface area contributed by atoms with Gasteiger partial charge in [0.15, 0.2) is 0 Å². The van der Waals surface area contributed by atoms with E-state index in [2.05, 4.69) is 16.8 Å². The van der Waals surface area contributed by atoms with E-state index in [1.165, 1.54) is 0 Å². The number of sulfonamides is 1. The second-order valence-electron chi connectivity index (χ2n) is 5.54. The van der Waals surface area contributed by atoms with Gasteiger partial charge in [0.2, 0.25) is 10.0 Å². The van der Waals surface area contributed by atoms with Crippen LogP contribution in [0, 0.1) is 0 Å². The van der Waals surface area contributed by atoms with Gasteiger partial charge >= 0.3 is 0 Å². The van der Waals surface area contributed by atoms with Gasteiger partial charge in [-0.3, -0.25) is 4.98 Å². The van der Waals surface area contributed by atoms with Crippen LogP contribution in [0.1, 0.15) is 13.3 Å². The molecular weight excluding hydrogens is 334 g/mol. The lowest BCUT2D eigenvalue weighted by atomic mass is 10.2. The Morgan fingerprint density at radius 2 is 1.96 bits per heavy atom. The number of pyridine rings is 1. The van der Waals surface area contributed by atoms with Gasteiger partial charge in [0, 0.05) is 42.8 Å². The zero-order valence-corrected chi connectivity index (χ0v) is 14.8. The van der Waals surface area contributed by atoms with Gasteiger partial charge in [-0.2, -0.15) is 4.31 Å². The normalized spacial score (nSPS) is 17.6. The Balaban J connectivity index is 0.00000192. The molecule has 0 radical (unpaired) electrons. The summed E-state index contributed by atoms with van der Waals surface area (Å²) in [5.74, 6) is 0. The molecule has 0 amide bonds. The first-order valence-electron chi connectivity index (χ1n) is 7.68. The summed E-state index contributed by atoms with van der Waals surface area (Å²) in [5.41, 5.74) is 0. The topological polar surface area (TPSA) is 53.5 Å². The van der Waals surface area contributed by atoms with Crippen LogP contribution < -0.4 is 0 Å². The van der Waals surface area contributed by atoms with E-state index in [0.717, 1.165) is 36.8 Å². The third kappa shape index (κ3) is 3.66. The largest absolute Gasteiger partial charge is 0.302 e. The molecule has 0 N–H and O–H groups in total. The Labute approximate surface area is 143 Å². The van der Waals surface area contributed by atoms with E-state index in [0.29, 0.717) is 18.0 Å². The van der Waals surface area contributed by atoms with E-state index in [-0.39, 0.29) is 12.4 Å². The molecule has 1 saturated heterocycles. The van der Waals surface area contributed by atoms with Crippen LogP contribution in [0.25, 0.3) is 10.8 Å². The van der Waals surface area contributed by atoms with Crippen molar-refractivity contribution in [3.8, 4) is 0 Å². The molecule has 2 aromatic rings. The zero-order chi connectivity index (χ0) is 15.6. The van der Waals surface area contributed by atoms with Crippen molar-refractivity contribution in [1.82, 2.24) is 14.2 Å². The van der Waals surface area contributed by atoms with Gasteiger partial charge in [-0.1, -0.05) is 19.1 Å². The molecule has 1 fully saturated rings. The quantitative estimate of drug-likeness (QED) is 0.848. The van der Waals surface area contributed by atoms with Crippen molar-refractivity contribution < 1.29 is 8.42 Å². The minimum atomic E-state index is -3.46. The molecule has 126 valence electrons. The van der Waals surface area contributed by atoms with Gasteiger partial charge in [-0.05, 0) is 31.6 Å². The van der Waals surface area contributed by atoms with Crippen molar-refractivity contribution in [2.75, 3.05) is 32.7 Å². The number of likely N-dealkylation sites (N-methyl/N-ethyl adjacent to an activating group) is 1. The molecule has 0 atom stereocenters. The highest BCUT2D eigenvalue weighted by Crippen LogP contribution is 2.25. The zero-order valence-electron chi connectivity index (χ0n) is 13.2. The van der Waals surface area contributed by atoms with E-state index in [9.17, 15) is 8.42 Å². The standard InChI is InChI=1S/C16H21N3O2S.ClH/c1-2-18-9-4-10-19(12-11-18)22(20,21)16-6-3-5-14-13-17-8-7-15(14)16;/h3,5-8,13H,2,4,9-12H2,1H3;1H. The summed E-state index contributed by atoms with van der Waals surface area (Å²) in [6.07, 6.45) is 4.22. The van der Waals surface area contributed by atoms with Gasteiger partial charge in [-0.25, -0.2) is 8.42 Å². The van der Waals surface area contributed by atoms with Gasteiger partial charge in [0.05, 0.1) is 4.90 Å². The second kappa shape index (κ2) is 7.57. The summed E-state index contributed by atoms with van der Waals surface area (Å²) in [4.78, 5) is 6.75. The Bertz CT molecular complexity index is 762. The fourth-order valence-electron chi connectivity index (χ4n) is 2.96. The van der Waals surface area contributed by atoms with E-state index >= 15 is 0 Å². The fourth-order valence-corrected chi connectivity index (χ4v) is 4.64. The molecular formula is C16H22ClN3O2S. The van der Waals surface area contributed by atoms with Crippen molar-refractivity contribution in [2.24, 2.45) is 0 Å². The number of fused-ring (bicyclic) bond motifs is 1. The monoisotopic (exact) mass is 355 g/mol. The summed E-state index contributed by atoms with van der Waals surface area (Å²) < 4.78 is 27.7. The van der Waals surface area contributed by atoms with Crippen LogP contribution in [0.2, 0.25) is 0 Å². The third-order valence-electron chi connectivity index (χ3n) is 4.25. The summed E-state index contributed by atoms with van der Waals surface area (Å²) in [7, 11) is -3.46. The molecule has 0 saturated carbocycles. The smallest absolute Gasteiger partial charge is 0.243 e. The molecule has 0 aliphatic carbocycles. The summed E-state index contributed by atoms with van der Waals surface area (Å²) in [5, 5.41) is 1.60. The van der Waals surface area contributed by atoms with E-state index in [1.54, 1.807) is 34.9 Å². The van der Waals surface area contributed by atoms with E-state index in [1.807, 2.05) is 6.07 Å². The lowest BCUT2D eigenvalue weighted by Gasteiger charge is -2.21. The molecule has 1 aromatic heterocycles. The summed E-state index contributed by atoms with van der Waals surface area (Å²) in [6.45, 7) is 5.97. The van der Waals surface area contributed by atoms with Gasteiger partial charge in [-0.15, -0.1) is 12.4 Å². The maximum absolute atomic E-state index is 13.0. The molecule has 3 rings (SSSR count). The number of benzene rings is 1. The van der Waals surface area contributed by atoms with Gasteiger partial charge in [0.1, 0.15) is 0 Å². The number of hydrogen-bond donors (Lipinski definition) is 0. The highest BCUT2D eigenvalue weighted by molar-refractivity contribution is 7.89. The van der Waals surface area contributed by atoms with E-state index < -0.39 is 10.0 Å². The second-order valence-corrected chi connectivity index (χ2v) is 7.45. The van der Waals surface area contributed by atoms with E-state index in [4.69, 9.17) is 0 Å². The minimum Gasteiger partial charge on any atom is -0.302 e. The third-order valence-corrected chi connectivity index (χ3v) is 6.21. The molecule has 0 bridgehead atoms. The first-order valence-corrected chi connectivity index (χ1v) is 9.12. The van der Waals surface area contributed by atoms with Crippen molar-refractivity contribution in [1.29, 1.82) is 0 Å². The average molecular weight is 356 g/mol. The summed E-state index contributed by atoms with van der Waals surface area (Å²) >= 11 is 0. The number of halogens is 1. The first-order chi connectivity index (χ1) is 10.6. The van der Waals surface area contributed by atoms with Crippen molar-refractivity contribution in [3.63, 3.8) is 0 Å². The Morgan fingerprint density at radius 3 is 2.74 bits per heavy atom. The predicted octanol–water partition coefficient (Wildman–Crippen LogP) is 2.37. The maximum atomic E-state index is 13.0. The molecule has 1 aliphatic rings. The van der Waals surface area contributed by atoms with Crippen LogP contribution in [0.4, 0.5) is 0 Å². The number of nitrogens with zero attached hydrogens (tertiary/aromatic N) is 3. The first kappa shape index (κ1) is 18.1. The fraction of sp³-hybridized carbons (Fsp3) is 0.438. The Kier molecular flexibility index (Phi) is 5.97. The highest BCUT2D eigenvalue weighted by atomic mass is 35.5. The average Bonchev–Trinajstić information content (AvgIpc) is 2.80. The molecule has 2 heterocycles. The molecule has 5 nitrogen and oxygen atoms in total. The lowest BCUT2D eigenvalue weighted by molar-refractivity contribution is 0.302. The Morgan fingerprint density at radius 1 is 1.13 bits per heavy atom. The van der Waals surface area contributed by atoms with Crippen LogP contribution >= 0.6 is 12.4 Å². The molecule has 1 aliphatic heterocycles. The van der Waals surface area contributed by atoms with Crippen LogP contribution in [-0.2, 0) is 10.0 Å². The number of hydrogen-bond acceptors (Lipinski definition) is 4. The van der Waals surface area contributed by atoms with Crippen molar-refractivity contribution in [3.05, 3.63) is 36.7 Å². The molecule has 0 unspecified atom stereocenters. The Hall–Kier alpha value is -1.21. The molecule has 23 heavy (non-hydrogen) atoms. The molecule has 1 aromatic carbocycles. The molecule has 0 spiro atoms. The lowest BCUT2D eigenvalue weighted by Crippen LogP contribution is -2.35. The van der Waals surface area contributed by atoms with Crippen LogP contribution in [0.3, 0.4) is 0 Å². The van der Waals surface area contributed by atoms with Crippen LogP contribution in [0.15, 0.2) is 41.6 Å². The maximum Gasteiger partial charge on any atom is 0.243 e. The predicted molar refractivity (Wildman–Crippen MR) is 94.5 cm³/mol. The van der Waals surface area contributed by atoms with Crippen molar-refractivity contribution in [2.45, 2.75) is 18.2 Å². The summed E-state index contributed by atoms with van der Waals surface area (Å²) in [6, 6.07) is 7.15. The number of aromatic nitrogens is 1. The minimum absolute atomic E-state index is 0. The van der Waals surface area contributed by atoms with Gasteiger partial charge in [0.25, 0.3) is 0 Å².